The molecule has 4 heteroatoms. The van der Waals surface area contributed by atoms with Crippen LogP contribution in [0.25, 0.3) is 0 Å². The van der Waals surface area contributed by atoms with E-state index in [0.29, 0.717) is 6.42 Å². The zero-order valence-corrected chi connectivity index (χ0v) is 7.23. The lowest BCUT2D eigenvalue weighted by Crippen LogP contribution is -1.87. The lowest BCUT2D eigenvalue weighted by molar-refractivity contribution is 0.393. The fourth-order valence-corrected chi connectivity index (χ4v) is 1.03. The van der Waals surface area contributed by atoms with E-state index in [2.05, 4.69) is 10.3 Å². The molecular weight excluding hydrogens is 168 g/mol. The number of nitrogens with zero attached hydrogens (tertiary/aromatic N) is 2. The average Bonchev–Trinajstić information content (AvgIpc) is 2.71. The van der Waals surface area contributed by atoms with Crippen molar-refractivity contribution in [1.82, 2.24) is 10.3 Å². The molecule has 0 unspecified atom stereocenters. The summed E-state index contributed by atoms with van der Waals surface area (Å²) in [5.41, 5.74) is 1.72. The molecule has 4 nitrogen and oxygen atoms in total. The van der Waals surface area contributed by atoms with Crippen LogP contribution >= 0.6 is 0 Å². The maximum absolute atomic E-state index is 4.91. The third kappa shape index (κ3) is 1.96. The van der Waals surface area contributed by atoms with Crippen molar-refractivity contribution in [3.63, 3.8) is 0 Å². The molecule has 0 aromatic carbocycles. The van der Waals surface area contributed by atoms with E-state index in [1.54, 1.807) is 6.26 Å². The van der Waals surface area contributed by atoms with Crippen LogP contribution in [0.2, 0.25) is 0 Å². The summed E-state index contributed by atoms with van der Waals surface area (Å²) in [6.45, 7) is 1.86. The highest BCUT2D eigenvalue weighted by atomic mass is 16.5. The predicted octanol–water partition coefficient (Wildman–Crippen LogP) is 1.77. The Balaban J connectivity index is 1.93. The molecule has 0 aliphatic heterocycles. The zero-order chi connectivity index (χ0) is 9.10. The van der Waals surface area contributed by atoms with Crippen molar-refractivity contribution in [1.29, 1.82) is 0 Å². The Hall–Kier alpha value is -1.58. The van der Waals surface area contributed by atoms with Gasteiger partial charge in [-0.2, -0.15) is 0 Å². The van der Waals surface area contributed by atoms with Gasteiger partial charge in [-0.3, -0.25) is 0 Å². The first-order valence-corrected chi connectivity index (χ1v) is 4.00. The van der Waals surface area contributed by atoms with Gasteiger partial charge in [-0.05, 0) is 6.92 Å². The van der Waals surface area contributed by atoms with E-state index in [1.807, 2.05) is 25.5 Å². The summed E-state index contributed by atoms with van der Waals surface area (Å²) >= 11 is 0. The summed E-state index contributed by atoms with van der Waals surface area (Å²) in [7, 11) is 0. The Kier molecular flexibility index (Phi) is 2.12. The molecule has 2 heterocycles. The molecule has 0 bridgehead atoms. The molecule has 2 aromatic rings. The second-order valence-corrected chi connectivity index (χ2v) is 2.76. The Labute approximate surface area is 75.5 Å². The molecule has 13 heavy (non-hydrogen) atoms. The van der Waals surface area contributed by atoms with Crippen LogP contribution in [0, 0.1) is 13.3 Å². The van der Waals surface area contributed by atoms with Crippen LogP contribution in [-0.4, -0.2) is 10.3 Å². The first-order chi connectivity index (χ1) is 6.34. The van der Waals surface area contributed by atoms with Crippen LogP contribution < -0.4 is 0 Å². The summed E-state index contributed by atoms with van der Waals surface area (Å²) in [5.74, 6) is 0.811. The van der Waals surface area contributed by atoms with Crippen LogP contribution in [0.1, 0.15) is 17.1 Å². The fraction of sp³-hybridized carbons (Fsp3) is 0.222. The quantitative estimate of drug-likeness (QED) is 0.716. The number of rotatable bonds is 3. The fourth-order valence-electron chi connectivity index (χ4n) is 1.03. The van der Waals surface area contributed by atoms with Crippen molar-refractivity contribution in [3.8, 4) is 0 Å². The molecule has 2 aromatic heterocycles. The lowest BCUT2D eigenvalue weighted by Gasteiger charge is -1.88. The van der Waals surface area contributed by atoms with Gasteiger partial charge < -0.3 is 9.05 Å². The molecule has 0 amide bonds. The van der Waals surface area contributed by atoms with E-state index in [-0.39, 0.29) is 0 Å². The first kappa shape index (κ1) is 8.04. The van der Waals surface area contributed by atoms with Gasteiger partial charge in [-0.1, -0.05) is 10.3 Å². The maximum Gasteiger partial charge on any atom is 0.133 e. The van der Waals surface area contributed by atoms with E-state index in [9.17, 15) is 0 Å². The molecule has 0 saturated carbocycles. The van der Waals surface area contributed by atoms with Crippen molar-refractivity contribution in [2.24, 2.45) is 0 Å². The molecule has 2 rings (SSSR count). The van der Waals surface area contributed by atoms with E-state index >= 15 is 0 Å². The smallest absolute Gasteiger partial charge is 0.133 e. The highest BCUT2D eigenvalue weighted by molar-refractivity contribution is 5.16. The van der Waals surface area contributed by atoms with E-state index in [0.717, 1.165) is 17.1 Å². The van der Waals surface area contributed by atoms with Crippen LogP contribution in [0.15, 0.2) is 27.4 Å². The predicted molar refractivity (Wildman–Crippen MR) is 44.8 cm³/mol. The van der Waals surface area contributed by atoms with Crippen molar-refractivity contribution in [3.05, 3.63) is 42.0 Å². The summed E-state index contributed by atoms with van der Waals surface area (Å²) in [6.07, 6.45) is 4.20. The van der Waals surface area contributed by atoms with Crippen molar-refractivity contribution in [2.45, 2.75) is 13.3 Å². The number of aromatic nitrogens is 2. The minimum absolute atomic E-state index is 0.711. The van der Waals surface area contributed by atoms with Crippen LogP contribution in [-0.2, 0) is 6.42 Å². The number of hydrogen-bond donors (Lipinski definition) is 0. The summed E-state index contributed by atoms with van der Waals surface area (Å²) in [6, 6.07) is 3.70. The van der Waals surface area contributed by atoms with Gasteiger partial charge in [0, 0.05) is 25.0 Å². The normalized spacial score (nSPS) is 10.5. The highest BCUT2D eigenvalue weighted by Gasteiger charge is 2.02. The molecule has 0 atom stereocenters. The highest BCUT2D eigenvalue weighted by Crippen LogP contribution is 2.07. The summed E-state index contributed by atoms with van der Waals surface area (Å²) in [5, 5.41) is 7.60. The summed E-state index contributed by atoms with van der Waals surface area (Å²) < 4.78 is 9.60. The molecule has 0 spiro atoms. The molecule has 0 saturated heterocycles. The van der Waals surface area contributed by atoms with Crippen LogP contribution in [0.4, 0.5) is 0 Å². The molecule has 0 aliphatic carbocycles. The van der Waals surface area contributed by atoms with Crippen LogP contribution in [0.5, 0.6) is 0 Å². The molecule has 0 N–H and O–H groups in total. The zero-order valence-electron chi connectivity index (χ0n) is 7.23. The van der Waals surface area contributed by atoms with E-state index in [4.69, 9.17) is 9.05 Å². The van der Waals surface area contributed by atoms with Crippen LogP contribution in [0.3, 0.4) is 0 Å². The molecule has 1 radical (unpaired) electrons. The Morgan fingerprint density at radius 3 is 3.00 bits per heavy atom. The second kappa shape index (κ2) is 3.43. The van der Waals surface area contributed by atoms with Gasteiger partial charge in [0.05, 0.1) is 11.4 Å². The van der Waals surface area contributed by atoms with Gasteiger partial charge in [-0.15, -0.1) is 0 Å². The number of aryl methyl sites for hydroxylation is 1. The third-order valence-corrected chi connectivity index (χ3v) is 1.66. The molecule has 67 valence electrons. The van der Waals surface area contributed by atoms with Gasteiger partial charge in [0.15, 0.2) is 0 Å². The van der Waals surface area contributed by atoms with Gasteiger partial charge >= 0.3 is 0 Å². The summed E-state index contributed by atoms with van der Waals surface area (Å²) in [4.78, 5) is 0. The topological polar surface area (TPSA) is 52.1 Å². The maximum atomic E-state index is 4.91. The van der Waals surface area contributed by atoms with E-state index < -0.39 is 0 Å². The second-order valence-electron chi connectivity index (χ2n) is 2.76. The van der Waals surface area contributed by atoms with Gasteiger partial charge in [0.25, 0.3) is 0 Å². The molecule has 0 aliphatic rings. The van der Waals surface area contributed by atoms with Crippen molar-refractivity contribution in [2.75, 3.05) is 0 Å². The van der Waals surface area contributed by atoms with E-state index in [1.165, 1.54) is 0 Å². The largest absolute Gasteiger partial charge is 0.365 e. The minimum Gasteiger partial charge on any atom is -0.365 e. The molecule has 0 fully saturated rings. The Morgan fingerprint density at radius 2 is 2.38 bits per heavy atom. The van der Waals surface area contributed by atoms with Gasteiger partial charge in [-0.25, -0.2) is 0 Å². The first-order valence-electron chi connectivity index (χ1n) is 4.00. The minimum atomic E-state index is 0.711. The van der Waals surface area contributed by atoms with Gasteiger partial charge in [0.2, 0.25) is 0 Å². The standard InChI is InChI=1S/C9H9N2O2/c1-7-6-9(11-13-7)3-2-8-4-5-12-10-8/h3-6H,2H2,1H3. The average molecular weight is 177 g/mol. The SMILES string of the molecule is Cc1cc([CH]Cc2ccon2)no1. The van der Waals surface area contributed by atoms with Crippen molar-refractivity contribution < 1.29 is 9.05 Å². The Morgan fingerprint density at radius 1 is 1.46 bits per heavy atom. The third-order valence-electron chi connectivity index (χ3n) is 1.66. The lowest BCUT2D eigenvalue weighted by atomic mass is 10.2. The number of hydrogen-bond acceptors (Lipinski definition) is 4. The van der Waals surface area contributed by atoms with Gasteiger partial charge in [0.1, 0.15) is 12.0 Å². The Bertz CT molecular complexity index is 365. The monoisotopic (exact) mass is 177 g/mol. The molecular formula is C9H9N2O2. The van der Waals surface area contributed by atoms with Crippen molar-refractivity contribution >= 4 is 0 Å².